The Bertz CT molecular complexity index is 1410. The summed E-state index contributed by atoms with van der Waals surface area (Å²) in [5, 5.41) is 27.4. The van der Waals surface area contributed by atoms with E-state index < -0.39 is 6.09 Å². The lowest BCUT2D eigenvalue weighted by atomic mass is 10.1. The van der Waals surface area contributed by atoms with Gasteiger partial charge in [0.2, 0.25) is 11.8 Å². The molecule has 3 aromatic carbocycles. The van der Waals surface area contributed by atoms with Crippen LogP contribution in [0.5, 0.6) is 17.4 Å². The van der Waals surface area contributed by atoms with Crippen LogP contribution in [0.25, 0.3) is 10.8 Å². The summed E-state index contributed by atoms with van der Waals surface area (Å²) in [7, 11) is 1.49. The molecule has 0 unspecified atom stereocenters. The van der Waals surface area contributed by atoms with Crippen molar-refractivity contribution >= 4 is 40.1 Å². The van der Waals surface area contributed by atoms with Gasteiger partial charge in [-0.1, -0.05) is 24.3 Å². The Kier molecular flexibility index (Phi) is 7.42. The Balaban J connectivity index is 1.58. The van der Waals surface area contributed by atoms with Gasteiger partial charge < -0.3 is 30.3 Å². The third kappa shape index (κ3) is 5.77. The van der Waals surface area contributed by atoms with Crippen molar-refractivity contribution in [2.45, 2.75) is 0 Å². The van der Waals surface area contributed by atoms with E-state index in [4.69, 9.17) is 19.7 Å². The van der Waals surface area contributed by atoms with E-state index in [1.165, 1.54) is 13.3 Å². The Hall–Kier alpha value is -4.90. The number of nitrogens with zero attached hydrogens (tertiary/aromatic N) is 2. The number of aliphatic hydroxyl groups is 1. The van der Waals surface area contributed by atoms with E-state index in [2.05, 4.69) is 25.9 Å². The summed E-state index contributed by atoms with van der Waals surface area (Å²) in [5.41, 5.74) is 1.28. The number of nitrogens with one attached hydrogen (secondary N) is 3. The van der Waals surface area contributed by atoms with Crippen LogP contribution in [0.15, 0.2) is 66.9 Å². The number of aromatic nitrogens is 2. The number of carbonyl (C=O) groups excluding carboxylic acids is 1. The molecule has 4 aromatic rings. The zero-order chi connectivity index (χ0) is 25.5. The van der Waals surface area contributed by atoms with Gasteiger partial charge in [0, 0.05) is 46.9 Å². The summed E-state index contributed by atoms with van der Waals surface area (Å²) < 4.78 is 11.3. The maximum absolute atomic E-state index is 12.3. The highest BCUT2D eigenvalue weighted by Gasteiger charge is 2.12. The molecule has 4 rings (SSSR count). The lowest BCUT2D eigenvalue weighted by molar-refractivity contribution is 0.0944. The Labute approximate surface area is 205 Å². The van der Waals surface area contributed by atoms with Crippen LogP contribution in [0.4, 0.5) is 22.1 Å². The summed E-state index contributed by atoms with van der Waals surface area (Å²) in [4.78, 5) is 32.0. The lowest BCUT2D eigenvalue weighted by Crippen LogP contribution is -2.26. The van der Waals surface area contributed by atoms with E-state index in [1.807, 2.05) is 12.1 Å². The zero-order valence-corrected chi connectivity index (χ0v) is 19.2. The van der Waals surface area contributed by atoms with E-state index in [9.17, 15) is 9.59 Å². The number of amides is 2. The van der Waals surface area contributed by atoms with Crippen molar-refractivity contribution in [3.05, 3.63) is 72.4 Å². The second-order valence-electron chi connectivity index (χ2n) is 7.46. The molecule has 0 saturated heterocycles. The first-order valence-corrected chi connectivity index (χ1v) is 10.8. The molecule has 36 heavy (non-hydrogen) atoms. The van der Waals surface area contributed by atoms with Gasteiger partial charge in [0.15, 0.2) is 0 Å². The second-order valence-corrected chi connectivity index (χ2v) is 7.46. The molecule has 184 valence electrons. The van der Waals surface area contributed by atoms with Gasteiger partial charge in [0.25, 0.3) is 5.91 Å². The molecule has 0 atom stereocenters. The second kappa shape index (κ2) is 11.0. The first-order valence-electron chi connectivity index (χ1n) is 10.8. The van der Waals surface area contributed by atoms with Crippen molar-refractivity contribution in [1.82, 2.24) is 15.3 Å². The lowest BCUT2D eigenvalue weighted by Gasteiger charge is -2.13. The molecule has 0 aliphatic rings. The van der Waals surface area contributed by atoms with Crippen molar-refractivity contribution in [3.8, 4) is 17.4 Å². The first-order chi connectivity index (χ1) is 17.5. The number of anilines is 3. The molecule has 0 saturated carbocycles. The standard InChI is InChI=1S/C25H23N5O6/c1-35-17-13-15(23(32)26-10-11-31)12-16(14-17)28-24-27-9-8-22(30-24)36-21-7-6-20(29-25(33)34)18-4-2-3-5-19(18)21/h2-9,12-14,29,31H,10-11H2,1H3,(H,26,32)(H,33,34)(H,27,28,30). The van der Waals surface area contributed by atoms with Crippen molar-refractivity contribution in [3.63, 3.8) is 0 Å². The fraction of sp³-hybridized carbons (Fsp3) is 0.120. The number of rotatable bonds is 9. The van der Waals surface area contributed by atoms with Crippen molar-refractivity contribution in [2.75, 3.05) is 30.9 Å². The molecule has 1 aromatic heterocycles. The van der Waals surface area contributed by atoms with Gasteiger partial charge in [0.1, 0.15) is 11.5 Å². The number of benzene rings is 3. The van der Waals surface area contributed by atoms with Gasteiger partial charge in [-0.2, -0.15) is 4.98 Å². The molecular formula is C25H23N5O6. The minimum absolute atomic E-state index is 0.128. The minimum atomic E-state index is -1.16. The molecule has 0 spiro atoms. The van der Waals surface area contributed by atoms with E-state index >= 15 is 0 Å². The molecule has 11 nitrogen and oxygen atoms in total. The van der Waals surface area contributed by atoms with Crippen LogP contribution in [-0.2, 0) is 0 Å². The molecule has 1 heterocycles. The highest BCUT2D eigenvalue weighted by molar-refractivity contribution is 6.02. The number of carboxylic acid groups (broad SMARTS) is 1. The molecule has 0 bridgehead atoms. The third-order valence-electron chi connectivity index (χ3n) is 5.03. The number of aliphatic hydroxyl groups excluding tert-OH is 1. The summed E-state index contributed by atoms with van der Waals surface area (Å²) in [6.45, 7) is -0.0428. The van der Waals surface area contributed by atoms with Crippen LogP contribution < -0.4 is 25.4 Å². The molecule has 5 N–H and O–H groups in total. The highest BCUT2D eigenvalue weighted by atomic mass is 16.5. The van der Waals surface area contributed by atoms with E-state index in [1.54, 1.807) is 48.5 Å². The van der Waals surface area contributed by atoms with Crippen LogP contribution in [0.2, 0.25) is 0 Å². The highest BCUT2D eigenvalue weighted by Crippen LogP contribution is 2.34. The van der Waals surface area contributed by atoms with Gasteiger partial charge in [0.05, 0.1) is 19.4 Å². The Morgan fingerprint density at radius 3 is 2.58 bits per heavy atom. The maximum atomic E-state index is 12.3. The maximum Gasteiger partial charge on any atom is 0.409 e. The van der Waals surface area contributed by atoms with E-state index in [0.717, 1.165) is 0 Å². The molecule has 2 amide bonds. The monoisotopic (exact) mass is 489 g/mol. The number of methoxy groups -OCH3 is 1. The van der Waals surface area contributed by atoms with Crippen molar-refractivity contribution in [1.29, 1.82) is 0 Å². The first kappa shape index (κ1) is 24.2. The number of fused-ring (bicyclic) bond motifs is 1. The average molecular weight is 489 g/mol. The summed E-state index contributed by atoms with van der Waals surface area (Å²) in [6.07, 6.45) is 0.356. The normalized spacial score (nSPS) is 10.5. The predicted octanol–water partition coefficient (Wildman–Crippen LogP) is 3.99. The topological polar surface area (TPSA) is 155 Å². The van der Waals surface area contributed by atoms with Crippen LogP contribution in [0, 0.1) is 0 Å². The fourth-order valence-electron chi connectivity index (χ4n) is 3.48. The van der Waals surface area contributed by atoms with Crippen LogP contribution in [0.1, 0.15) is 10.4 Å². The number of ether oxygens (including phenoxy) is 2. The molecule has 11 heteroatoms. The molecule has 0 fully saturated rings. The van der Waals surface area contributed by atoms with Gasteiger partial charge in [-0.15, -0.1) is 0 Å². The quantitative estimate of drug-likeness (QED) is 0.235. The minimum Gasteiger partial charge on any atom is -0.497 e. The largest absolute Gasteiger partial charge is 0.497 e. The number of carbonyl (C=O) groups is 2. The molecular weight excluding hydrogens is 466 g/mol. The summed E-state index contributed by atoms with van der Waals surface area (Å²) in [5.74, 6) is 1.03. The zero-order valence-electron chi connectivity index (χ0n) is 19.2. The molecule has 0 aliphatic heterocycles. The molecule has 0 aliphatic carbocycles. The predicted molar refractivity (Wildman–Crippen MR) is 133 cm³/mol. The van der Waals surface area contributed by atoms with Gasteiger partial charge in [-0.3, -0.25) is 10.1 Å². The smallest absolute Gasteiger partial charge is 0.409 e. The van der Waals surface area contributed by atoms with Crippen LogP contribution in [0.3, 0.4) is 0 Å². The SMILES string of the molecule is COc1cc(Nc2nccc(Oc3ccc(NC(=O)O)c4ccccc34)n2)cc(C(=O)NCCO)c1. The van der Waals surface area contributed by atoms with Gasteiger partial charge in [-0.05, 0) is 24.3 Å². The summed E-state index contributed by atoms with van der Waals surface area (Å²) >= 11 is 0. The molecule has 0 radical (unpaired) electrons. The van der Waals surface area contributed by atoms with Gasteiger partial charge >= 0.3 is 6.09 Å². The van der Waals surface area contributed by atoms with E-state index in [-0.39, 0.29) is 30.9 Å². The third-order valence-corrected chi connectivity index (χ3v) is 5.03. The van der Waals surface area contributed by atoms with Crippen LogP contribution >= 0.6 is 0 Å². The Morgan fingerprint density at radius 1 is 1.03 bits per heavy atom. The van der Waals surface area contributed by atoms with Crippen molar-refractivity contribution in [2.24, 2.45) is 0 Å². The van der Waals surface area contributed by atoms with Crippen molar-refractivity contribution < 1.29 is 29.3 Å². The van der Waals surface area contributed by atoms with Crippen LogP contribution in [-0.4, -0.2) is 52.4 Å². The Morgan fingerprint density at radius 2 is 1.83 bits per heavy atom. The van der Waals surface area contributed by atoms with E-state index in [0.29, 0.717) is 39.2 Å². The van der Waals surface area contributed by atoms with Gasteiger partial charge in [-0.25, -0.2) is 9.78 Å². The number of hydrogen-bond donors (Lipinski definition) is 5. The fourth-order valence-corrected chi connectivity index (χ4v) is 3.48. The summed E-state index contributed by atoms with van der Waals surface area (Å²) in [6, 6.07) is 17.0. The number of hydrogen-bond acceptors (Lipinski definition) is 8. The average Bonchev–Trinajstić information content (AvgIpc) is 2.88.